The number of aliphatic hydroxyl groups excluding tert-OH is 1. The molecule has 0 aliphatic heterocycles. The summed E-state index contributed by atoms with van der Waals surface area (Å²) in [5, 5.41) is 15.5. The van der Waals surface area contributed by atoms with Gasteiger partial charge in [0.05, 0.1) is 11.5 Å². The predicted octanol–water partition coefficient (Wildman–Crippen LogP) is 3.48. The highest BCUT2D eigenvalue weighted by Crippen LogP contribution is 2.43. The minimum atomic E-state index is -0.693. The van der Waals surface area contributed by atoms with E-state index in [1.54, 1.807) is 11.3 Å². The molecule has 1 aliphatic carbocycles. The van der Waals surface area contributed by atoms with Gasteiger partial charge in [-0.2, -0.15) is 0 Å². The maximum atomic E-state index is 12.9. The van der Waals surface area contributed by atoms with Crippen LogP contribution in [0.15, 0.2) is 41.8 Å². The molecule has 1 heterocycles. The van der Waals surface area contributed by atoms with Crippen LogP contribution < -0.4 is 10.2 Å². The zero-order chi connectivity index (χ0) is 17.9. The third-order valence-corrected chi connectivity index (χ3v) is 6.21. The Hall–Kier alpha value is -1.85. The van der Waals surface area contributed by atoms with Crippen LogP contribution in [0.2, 0.25) is 0 Å². The highest BCUT2D eigenvalue weighted by atomic mass is 32.1. The number of benzene rings is 1. The van der Waals surface area contributed by atoms with Crippen LogP contribution in [-0.4, -0.2) is 31.7 Å². The van der Waals surface area contributed by atoms with E-state index >= 15 is 0 Å². The number of rotatable bonds is 6. The average molecular weight is 359 g/mol. The van der Waals surface area contributed by atoms with Crippen molar-refractivity contribution < 1.29 is 9.90 Å². The van der Waals surface area contributed by atoms with Crippen LogP contribution in [0.1, 0.15) is 42.2 Å². The second-order valence-electron chi connectivity index (χ2n) is 6.98. The van der Waals surface area contributed by atoms with Gasteiger partial charge in [0.1, 0.15) is 0 Å². The summed E-state index contributed by atoms with van der Waals surface area (Å²) in [5.74, 6) is 0.0522. The van der Waals surface area contributed by atoms with Crippen molar-refractivity contribution in [1.82, 2.24) is 5.32 Å². The number of carbonyl (C=O) groups is 1. The van der Waals surface area contributed by atoms with Gasteiger partial charge in [0.25, 0.3) is 0 Å². The summed E-state index contributed by atoms with van der Waals surface area (Å²) >= 11 is 1.65. The first kappa shape index (κ1) is 18.0. The summed E-state index contributed by atoms with van der Waals surface area (Å²) in [6.07, 6.45) is 3.27. The Bertz CT molecular complexity index is 689. The quantitative estimate of drug-likeness (QED) is 0.831. The summed E-state index contributed by atoms with van der Waals surface area (Å²) in [7, 11) is 3.97. The minimum absolute atomic E-state index is 0.0522. The number of thiophene rings is 1. The number of anilines is 1. The van der Waals surface area contributed by atoms with Crippen molar-refractivity contribution in [2.75, 3.05) is 25.5 Å². The highest BCUT2D eigenvalue weighted by Gasteiger charge is 2.43. The van der Waals surface area contributed by atoms with Crippen molar-refractivity contribution in [1.29, 1.82) is 0 Å². The lowest BCUT2D eigenvalue weighted by Gasteiger charge is -2.27. The van der Waals surface area contributed by atoms with Crippen molar-refractivity contribution in [3.8, 4) is 0 Å². The molecule has 4 nitrogen and oxygen atoms in total. The first-order chi connectivity index (χ1) is 12.0. The number of nitrogens with one attached hydrogen (secondary N) is 1. The van der Waals surface area contributed by atoms with E-state index in [1.165, 1.54) is 0 Å². The average Bonchev–Trinajstić information content (AvgIpc) is 3.31. The molecule has 0 saturated heterocycles. The molecule has 5 heteroatoms. The largest absolute Gasteiger partial charge is 0.387 e. The topological polar surface area (TPSA) is 52.6 Å². The maximum Gasteiger partial charge on any atom is 0.231 e. The van der Waals surface area contributed by atoms with E-state index in [4.69, 9.17) is 0 Å². The van der Waals surface area contributed by atoms with Crippen LogP contribution in [0.4, 0.5) is 5.69 Å². The van der Waals surface area contributed by atoms with Gasteiger partial charge >= 0.3 is 0 Å². The molecule has 2 N–H and O–H groups in total. The third kappa shape index (κ3) is 3.72. The molecule has 0 unspecified atom stereocenters. The molecule has 2 aromatic rings. The van der Waals surface area contributed by atoms with Gasteiger partial charge in [0.2, 0.25) is 5.91 Å². The van der Waals surface area contributed by atoms with Crippen LogP contribution in [0.3, 0.4) is 0 Å². The van der Waals surface area contributed by atoms with Crippen molar-refractivity contribution in [3.05, 3.63) is 52.2 Å². The normalized spacial score (nSPS) is 17.2. The predicted molar refractivity (Wildman–Crippen MR) is 103 cm³/mol. The van der Waals surface area contributed by atoms with Crippen LogP contribution in [0, 0.1) is 0 Å². The summed E-state index contributed by atoms with van der Waals surface area (Å²) in [4.78, 5) is 16.1. The van der Waals surface area contributed by atoms with Crippen molar-refractivity contribution in [3.63, 3.8) is 0 Å². The lowest BCUT2D eigenvalue weighted by molar-refractivity contribution is -0.127. The van der Waals surface area contributed by atoms with E-state index in [2.05, 4.69) is 11.4 Å². The fourth-order valence-electron chi connectivity index (χ4n) is 3.59. The Labute approximate surface area is 153 Å². The van der Waals surface area contributed by atoms with E-state index in [-0.39, 0.29) is 12.5 Å². The maximum absolute atomic E-state index is 12.9. The summed E-state index contributed by atoms with van der Waals surface area (Å²) < 4.78 is 0. The molecule has 0 spiro atoms. The zero-order valence-corrected chi connectivity index (χ0v) is 15.7. The molecule has 1 aromatic heterocycles. The minimum Gasteiger partial charge on any atom is -0.387 e. The van der Waals surface area contributed by atoms with Gasteiger partial charge in [-0.1, -0.05) is 31.0 Å². The summed E-state index contributed by atoms with van der Waals surface area (Å²) in [5.41, 5.74) is 1.51. The molecule has 1 fully saturated rings. The van der Waals surface area contributed by atoms with E-state index in [9.17, 15) is 9.90 Å². The molecule has 134 valence electrons. The molecule has 0 radical (unpaired) electrons. The van der Waals surface area contributed by atoms with Gasteiger partial charge in [-0.3, -0.25) is 4.79 Å². The lowest BCUT2D eigenvalue weighted by Crippen LogP contribution is -2.43. The van der Waals surface area contributed by atoms with E-state index in [0.717, 1.165) is 41.8 Å². The number of amides is 1. The zero-order valence-electron chi connectivity index (χ0n) is 14.9. The SMILES string of the molecule is CN(C)c1ccc([C@@H](O)CNC(=O)C2(c3cccs3)CCCC2)cc1. The first-order valence-corrected chi connectivity index (χ1v) is 9.68. The molecule has 1 atom stereocenters. The highest BCUT2D eigenvalue weighted by molar-refractivity contribution is 7.10. The van der Waals surface area contributed by atoms with E-state index < -0.39 is 11.5 Å². The van der Waals surface area contributed by atoms with Gasteiger partial charge in [-0.15, -0.1) is 11.3 Å². The van der Waals surface area contributed by atoms with Crippen LogP contribution in [0.5, 0.6) is 0 Å². The van der Waals surface area contributed by atoms with Gasteiger partial charge in [-0.25, -0.2) is 0 Å². The van der Waals surface area contributed by atoms with Crippen molar-refractivity contribution >= 4 is 22.9 Å². The molecular weight excluding hydrogens is 332 g/mol. The standard InChI is InChI=1S/C20H26N2O2S/c1-22(2)16-9-7-15(8-10-16)17(23)14-21-19(24)20(11-3-4-12-20)18-6-5-13-25-18/h5-10,13,17,23H,3-4,11-12,14H2,1-2H3,(H,21,24)/t17-/m0/s1. The molecule has 1 amide bonds. The number of carbonyl (C=O) groups excluding carboxylic acids is 1. The summed E-state index contributed by atoms with van der Waals surface area (Å²) in [6, 6.07) is 11.9. The van der Waals surface area contributed by atoms with Gasteiger partial charge < -0.3 is 15.3 Å². The van der Waals surface area contributed by atoms with Crippen LogP contribution >= 0.6 is 11.3 Å². The second-order valence-corrected chi connectivity index (χ2v) is 7.93. The number of hydrogen-bond acceptors (Lipinski definition) is 4. The van der Waals surface area contributed by atoms with Gasteiger partial charge in [0, 0.05) is 31.2 Å². The van der Waals surface area contributed by atoms with Crippen LogP contribution in [-0.2, 0) is 10.2 Å². The third-order valence-electron chi connectivity index (χ3n) is 5.13. The number of aliphatic hydroxyl groups is 1. The Morgan fingerprint density at radius 1 is 1.24 bits per heavy atom. The molecule has 25 heavy (non-hydrogen) atoms. The Morgan fingerprint density at radius 3 is 2.48 bits per heavy atom. The second kappa shape index (κ2) is 7.58. The number of hydrogen-bond donors (Lipinski definition) is 2. The van der Waals surface area contributed by atoms with Crippen LogP contribution in [0.25, 0.3) is 0 Å². The molecular formula is C20H26N2O2S. The molecule has 3 rings (SSSR count). The Balaban J connectivity index is 1.65. The van der Waals surface area contributed by atoms with Crippen molar-refractivity contribution in [2.24, 2.45) is 0 Å². The fraction of sp³-hybridized carbons (Fsp3) is 0.450. The molecule has 1 saturated carbocycles. The monoisotopic (exact) mass is 358 g/mol. The van der Waals surface area contributed by atoms with Gasteiger partial charge in [0.15, 0.2) is 0 Å². The summed E-state index contributed by atoms with van der Waals surface area (Å²) in [6.45, 7) is 0.243. The van der Waals surface area contributed by atoms with Crippen molar-refractivity contribution in [2.45, 2.75) is 37.2 Å². The van der Waals surface area contributed by atoms with Gasteiger partial charge in [-0.05, 0) is 42.0 Å². The molecule has 1 aromatic carbocycles. The number of nitrogens with zero attached hydrogens (tertiary/aromatic N) is 1. The lowest BCUT2D eigenvalue weighted by atomic mass is 9.83. The molecule has 0 bridgehead atoms. The first-order valence-electron chi connectivity index (χ1n) is 8.80. The fourth-order valence-corrected chi connectivity index (χ4v) is 4.57. The Kier molecular flexibility index (Phi) is 5.45. The smallest absolute Gasteiger partial charge is 0.231 e. The van der Waals surface area contributed by atoms with E-state index in [1.807, 2.05) is 54.7 Å². The van der Waals surface area contributed by atoms with E-state index in [0.29, 0.717) is 0 Å². The molecule has 1 aliphatic rings. The Morgan fingerprint density at radius 2 is 1.92 bits per heavy atom.